The van der Waals surface area contributed by atoms with E-state index in [1.54, 1.807) is 13.2 Å². The third-order valence-corrected chi connectivity index (χ3v) is 3.67. The van der Waals surface area contributed by atoms with Crippen LogP contribution in [0.15, 0.2) is 36.9 Å². The summed E-state index contributed by atoms with van der Waals surface area (Å²) >= 11 is 0. The van der Waals surface area contributed by atoms with Crippen LogP contribution in [0.25, 0.3) is 0 Å². The Morgan fingerprint density at radius 3 is 2.56 bits per heavy atom. The molecule has 1 saturated heterocycles. The summed E-state index contributed by atoms with van der Waals surface area (Å²) in [6.45, 7) is 7.14. The van der Waals surface area contributed by atoms with Gasteiger partial charge in [0.2, 0.25) is 17.8 Å². The van der Waals surface area contributed by atoms with Gasteiger partial charge < -0.3 is 25.0 Å². The van der Waals surface area contributed by atoms with Crippen molar-refractivity contribution < 1.29 is 9.47 Å². The molecule has 1 aliphatic heterocycles. The molecule has 0 radical (unpaired) electrons. The fourth-order valence-electron chi connectivity index (χ4n) is 2.37. The number of rotatable bonds is 7. The zero-order chi connectivity index (χ0) is 17.5. The number of hydrogen-bond donors (Lipinski definition) is 2. The van der Waals surface area contributed by atoms with Gasteiger partial charge in [0.25, 0.3) is 0 Å². The lowest BCUT2D eigenvalue weighted by Crippen LogP contribution is -2.37. The molecule has 132 valence electrons. The van der Waals surface area contributed by atoms with Gasteiger partial charge in [-0.25, -0.2) is 0 Å². The Hall–Kier alpha value is -2.87. The number of morpholine rings is 1. The minimum absolute atomic E-state index is 0.480. The molecule has 1 aromatic heterocycles. The summed E-state index contributed by atoms with van der Waals surface area (Å²) in [4.78, 5) is 15.5. The second kappa shape index (κ2) is 8.29. The van der Waals surface area contributed by atoms with Crippen molar-refractivity contribution in [3.8, 4) is 5.75 Å². The number of nitrogens with zero attached hydrogens (tertiary/aromatic N) is 4. The van der Waals surface area contributed by atoms with Crippen molar-refractivity contribution in [3.05, 3.63) is 36.9 Å². The molecule has 2 N–H and O–H groups in total. The van der Waals surface area contributed by atoms with Crippen LogP contribution < -0.4 is 20.3 Å². The lowest BCUT2D eigenvalue weighted by atomic mass is 10.3. The van der Waals surface area contributed by atoms with Crippen molar-refractivity contribution in [2.24, 2.45) is 0 Å². The number of nitrogens with one attached hydrogen (secondary N) is 2. The summed E-state index contributed by atoms with van der Waals surface area (Å²) in [7, 11) is 1.64. The highest BCUT2D eigenvalue weighted by Gasteiger charge is 2.16. The number of hydrogen-bond acceptors (Lipinski definition) is 8. The van der Waals surface area contributed by atoms with Gasteiger partial charge in [-0.05, 0) is 24.3 Å². The van der Waals surface area contributed by atoms with E-state index in [2.05, 4.69) is 37.1 Å². The topological polar surface area (TPSA) is 84.4 Å². The van der Waals surface area contributed by atoms with E-state index in [1.165, 1.54) is 0 Å². The zero-order valence-corrected chi connectivity index (χ0v) is 14.2. The number of anilines is 4. The third-order valence-electron chi connectivity index (χ3n) is 3.67. The van der Waals surface area contributed by atoms with Gasteiger partial charge in [-0.2, -0.15) is 15.0 Å². The molecule has 8 heteroatoms. The van der Waals surface area contributed by atoms with Gasteiger partial charge in [0, 0.05) is 25.3 Å². The molecule has 1 aromatic carbocycles. The van der Waals surface area contributed by atoms with Crippen LogP contribution in [0.4, 0.5) is 23.5 Å². The molecular formula is C17H22N6O2. The van der Waals surface area contributed by atoms with Gasteiger partial charge in [-0.3, -0.25) is 0 Å². The molecule has 0 bridgehead atoms. The highest BCUT2D eigenvalue weighted by atomic mass is 16.5. The van der Waals surface area contributed by atoms with Gasteiger partial charge in [-0.1, -0.05) is 6.08 Å². The minimum Gasteiger partial charge on any atom is -0.497 e. The van der Waals surface area contributed by atoms with E-state index in [9.17, 15) is 0 Å². The second-order valence-corrected chi connectivity index (χ2v) is 5.41. The van der Waals surface area contributed by atoms with Crippen LogP contribution in [0.1, 0.15) is 0 Å². The van der Waals surface area contributed by atoms with Crippen molar-refractivity contribution >= 4 is 23.5 Å². The predicted octanol–water partition coefficient (Wildman–Crippen LogP) is 2.06. The van der Waals surface area contributed by atoms with Crippen molar-refractivity contribution in [1.29, 1.82) is 0 Å². The molecule has 8 nitrogen and oxygen atoms in total. The van der Waals surface area contributed by atoms with E-state index in [4.69, 9.17) is 9.47 Å². The Morgan fingerprint density at radius 2 is 1.88 bits per heavy atom. The normalized spacial score (nSPS) is 14.0. The molecule has 0 saturated carbocycles. The standard InChI is InChI=1S/C17H22N6O2/c1-3-8-18-15-20-16(19-13-4-6-14(24-2)7-5-13)22-17(21-15)23-9-11-25-12-10-23/h3-7H,1,8-12H2,2H3,(H2,18,19,20,21,22). The van der Waals surface area contributed by atoms with Crippen LogP contribution in [0.3, 0.4) is 0 Å². The van der Waals surface area contributed by atoms with Crippen LogP contribution in [0, 0.1) is 0 Å². The first kappa shape index (κ1) is 17.0. The van der Waals surface area contributed by atoms with Crippen LogP contribution in [-0.2, 0) is 4.74 Å². The molecule has 3 rings (SSSR count). The third kappa shape index (κ3) is 4.57. The Kier molecular flexibility index (Phi) is 5.63. The lowest BCUT2D eigenvalue weighted by Gasteiger charge is -2.27. The Balaban J connectivity index is 1.83. The van der Waals surface area contributed by atoms with E-state index in [0.717, 1.165) is 24.5 Å². The number of aromatic nitrogens is 3. The van der Waals surface area contributed by atoms with Gasteiger partial charge >= 0.3 is 0 Å². The average Bonchev–Trinajstić information content (AvgIpc) is 2.67. The molecule has 25 heavy (non-hydrogen) atoms. The SMILES string of the molecule is C=CCNc1nc(Nc2ccc(OC)cc2)nc(N2CCOCC2)n1. The van der Waals surface area contributed by atoms with Gasteiger partial charge in [0.1, 0.15) is 5.75 Å². The van der Waals surface area contributed by atoms with Gasteiger partial charge in [0.05, 0.1) is 20.3 Å². The molecule has 1 aliphatic rings. The maximum atomic E-state index is 5.39. The van der Waals surface area contributed by atoms with Crippen LogP contribution in [-0.4, -0.2) is 54.9 Å². The Morgan fingerprint density at radius 1 is 1.16 bits per heavy atom. The summed E-state index contributed by atoms with van der Waals surface area (Å²) in [5.41, 5.74) is 0.870. The molecular weight excluding hydrogens is 320 g/mol. The Bertz CT molecular complexity index is 701. The Labute approximate surface area is 146 Å². The molecule has 0 atom stereocenters. The van der Waals surface area contributed by atoms with Crippen molar-refractivity contribution in [2.75, 3.05) is 55.5 Å². The van der Waals surface area contributed by atoms with Crippen molar-refractivity contribution in [1.82, 2.24) is 15.0 Å². The van der Waals surface area contributed by atoms with Crippen molar-refractivity contribution in [3.63, 3.8) is 0 Å². The molecule has 2 heterocycles. The highest BCUT2D eigenvalue weighted by Crippen LogP contribution is 2.20. The van der Waals surface area contributed by atoms with Crippen molar-refractivity contribution in [2.45, 2.75) is 0 Å². The first-order chi connectivity index (χ1) is 12.3. The summed E-state index contributed by atoms with van der Waals surface area (Å²) in [5, 5.41) is 6.33. The van der Waals surface area contributed by atoms with E-state index in [1.807, 2.05) is 24.3 Å². The molecule has 2 aromatic rings. The second-order valence-electron chi connectivity index (χ2n) is 5.41. The fraction of sp³-hybridized carbons (Fsp3) is 0.353. The summed E-state index contributed by atoms with van der Waals surface area (Å²) < 4.78 is 10.6. The minimum atomic E-state index is 0.480. The molecule has 0 amide bonds. The van der Waals surface area contributed by atoms with Gasteiger partial charge in [0.15, 0.2) is 0 Å². The number of methoxy groups -OCH3 is 1. The molecule has 0 aliphatic carbocycles. The fourth-order valence-corrected chi connectivity index (χ4v) is 2.37. The van der Waals surface area contributed by atoms with E-state index in [0.29, 0.717) is 37.6 Å². The zero-order valence-electron chi connectivity index (χ0n) is 14.2. The van der Waals surface area contributed by atoms with Crippen LogP contribution >= 0.6 is 0 Å². The quantitative estimate of drug-likeness (QED) is 0.740. The smallest absolute Gasteiger partial charge is 0.233 e. The molecule has 1 fully saturated rings. The highest BCUT2D eigenvalue weighted by molar-refractivity contribution is 5.57. The predicted molar refractivity (Wildman–Crippen MR) is 97.8 cm³/mol. The first-order valence-corrected chi connectivity index (χ1v) is 8.13. The maximum absolute atomic E-state index is 5.39. The number of ether oxygens (including phenoxy) is 2. The van der Waals surface area contributed by atoms with Gasteiger partial charge in [-0.15, -0.1) is 6.58 Å². The monoisotopic (exact) mass is 342 g/mol. The van der Waals surface area contributed by atoms with Crippen LogP contribution in [0.2, 0.25) is 0 Å². The first-order valence-electron chi connectivity index (χ1n) is 8.13. The largest absolute Gasteiger partial charge is 0.497 e. The van der Waals surface area contributed by atoms with Crippen LogP contribution in [0.5, 0.6) is 5.75 Å². The molecule has 0 unspecified atom stereocenters. The van der Waals surface area contributed by atoms with E-state index < -0.39 is 0 Å². The molecule has 0 spiro atoms. The summed E-state index contributed by atoms with van der Waals surface area (Å²) in [6, 6.07) is 7.58. The number of benzene rings is 1. The summed E-state index contributed by atoms with van der Waals surface area (Å²) in [6.07, 6.45) is 1.76. The van der Waals surface area contributed by atoms with E-state index >= 15 is 0 Å². The summed E-state index contributed by atoms with van der Waals surface area (Å²) in [5.74, 6) is 2.41. The lowest BCUT2D eigenvalue weighted by molar-refractivity contribution is 0.122. The average molecular weight is 342 g/mol. The maximum Gasteiger partial charge on any atom is 0.233 e. The van der Waals surface area contributed by atoms with E-state index in [-0.39, 0.29) is 0 Å².